The molecule has 1 heterocycles. The number of benzene rings is 1. The summed E-state index contributed by atoms with van der Waals surface area (Å²) in [7, 11) is 0. The lowest BCUT2D eigenvalue weighted by atomic mass is 10.3. The van der Waals surface area contributed by atoms with Crippen LogP contribution >= 0.6 is 33.9 Å². The summed E-state index contributed by atoms with van der Waals surface area (Å²) in [5.41, 5.74) is 1.37. The van der Waals surface area contributed by atoms with Crippen LogP contribution in [0.15, 0.2) is 24.3 Å². The van der Waals surface area contributed by atoms with E-state index in [-0.39, 0.29) is 5.97 Å². The lowest BCUT2D eigenvalue weighted by molar-refractivity contribution is 0.0519. The Hall–Kier alpha value is -1.15. The molecule has 100 valence electrons. The Labute approximate surface area is 129 Å². The van der Waals surface area contributed by atoms with Crippen LogP contribution in [0.5, 0.6) is 0 Å². The predicted octanol–water partition coefficient (Wildman–Crippen LogP) is 3.98. The molecule has 0 aliphatic carbocycles. The number of hydrogen-bond donors (Lipinski definition) is 1. The summed E-state index contributed by atoms with van der Waals surface area (Å²) in [5.74, 6) is -0.368. The van der Waals surface area contributed by atoms with Gasteiger partial charge in [-0.2, -0.15) is 0 Å². The first-order valence-corrected chi connectivity index (χ1v) is 7.67. The second-order valence-electron chi connectivity index (χ2n) is 3.75. The monoisotopic (exact) mass is 388 g/mol. The number of nitrogens with zero attached hydrogens (tertiary/aromatic N) is 1. The van der Waals surface area contributed by atoms with Crippen molar-refractivity contribution in [2.45, 2.75) is 13.8 Å². The fourth-order valence-corrected chi connectivity index (χ4v) is 2.85. The molecule has 2 aromatic rings. The molecule has 0 saturated carbocycles. The Morgan fingerprint density at radius 3 is 2.89 bits per heavy atom. The van der Waals surface area contributed by atoms with Gasteiger partial charge in [0.1, 0.15) is 0 Å². The van der Waals surface area contributed by atoms with Crippen molar-refractivity contribution in [1.29, 1.82) is 0 Å². The number of ether oxygens (including phenoxy) is 1. The number of hydrogen-bond acceptors (Lipinski definition) is 5. The van der Waals surface area contributed by atoms with E-state index < -0.39 is 0 Å². The van der Waals surface area contributed by atoms with Crippen LogP contribution in [0.3, 0.4) is 0 Å². The van der Waals surface area contributed by atoms with Crippen molar-refractivity contribution in [2.75, 3.05) is 11.9 Å². The minimum absolute atomic E-state index is 0.356. The van der Waals surface area contributed by atoms with Gasteiger partial charge in [0.05, 0.1) is 12.3 Å². The van der Waals surface area contributed by atoms with Crippen molar-refractivity contribution in [1.82, 2.24) is 4.98 Å². The van der Waals surface area contributed by atoms with Crippen LogP contribution < -0.4 is 5.32 Å². The van der Waals surface area contributed by atoms with Crippen molar-refractivity contribution in [3.8, 4) is 0 Å². The molecule has 0 unspecified atom stereocenters. The fourth-order valence-electron chi connectivity index (χ4n) is 1.52. The van der Waals surface area contributed by atoms with Crippen molar-refractivity contribution in [3.05, 3.63) is 38.4 Å². The summed E-state index contributed by atoms with van der Waals surface area (Å²) in [6, 6.07) is 7.92. The highest BCUT2D eigenvalue weighted by Crippen LogP contribution is 2.28. The van der Waals surface area contributed by atoms with Gasteiger partial charge in [-0.3, -0.25) is 0 Å². The number of esters is 1. The third-order valence-corrected chi connectivity index (χ3v) is 4.21. The number of carbonyl (C=O) groups excluding carboxylic acids is 1. The largest absolute Gasteiger partial charge is 0.461 e. The van der Waals surface area contributed by atoms with Crippen molar-refractivity contribution >= 4 is 50.7 Å². The first kappa shape index (κ1) is 14.3. The minimum atomic E-state index is -0.368. The summed E-state index contributed by atoms with van der Waals surface area (Å²) in [6.07, 6.45) is 0. The molecule has 0 bridgehead atoms. The Balaban J connectivity index is 2.21. The molecule has 1 aromatic carbocycles. The summed E-state index contributed by atoms with van der Waals surface area (Å²) in [5, 5.41) is 3.92. The summed E-state index contributed by atoms with van der Waals surface area (Å²) >= 11 is 3.70. The molecule has 1 aromatic heterocycles. The zero-order valence-corrected chi connectivity index (χ0v) is 13.5. The molecule has 0 spiro atoms. The average Bonchev–Trinajstić information content (AvgIpc) is 2.74. The van der Waals surface area contributed by atoms with Gasteiger partial charge in [-0.05, 0) is 48.6 Å². The Morgan fingerprint density at radius 2 is 2.21 bits per heavy atom. The zero-order chi connectivity index (χ0) is 13.8. The van der Waals surface area contributed by atoms with E-state index in [0.29, 0.717) is 17.4 Å². The van der Waals surface area contributed by atoms with Gasteiger partial charge in [0.15, 0.2) is 10.8 Å². The van der Waals surface area contributed by atoms with Gasteiger partial charge in [0.25, 0.3) is 0 Å². The second kappa shape index (κ2) is 6.33. The number of halogens is 1. The first-order valence-electron chi connectivity index (χ1n) is 5.78. The Morgan fingerprint density at radius 1 is 1.47 bits per heavy atom. The minimum Gasteiger partial charge on any atom is -0.461 e. The van der Waals surface area contributed by atoms with E-state index >= 15 is 0 Å². The zero-order valence-electron chi connectivity index (χ0n) is 10.6. The Bertz CT molecular complexity index is 598. The number of anilines is 2. The van der Waals surface area contributed by atoms with Gasteiger partial charge >= 0.3 is 5.97 Å². The van der Waals surface area contributed by atoms with E-state index in [9.17, 15) is 4.79 Å². The molecule has 2 rings (SSSR count). The standard InChI is InChI=1S/C13H13IN2O2S/c1-3-18-12(17)11-8(2)19-13(16-11)15-10-7-5-4-6-9(10)14/h4-7H,3H2,1-2H3,(H,15,16). The van der Waals surface area contributed by atoms with Crippen molar-refractivity contribution < 1.29 is 9.53 Å². The summed E-state index contributed by atoms with van der Waals surface area (Å²) in [4.78, 5) is 16.8. The van der Waals surface area contributed by atoms with Crippen LogP contribution in [0.25, 0.3) is 0 Å². The van der Waals surface area contributed by atoms with Crippen LogP contribution in [-0.4, -0.2) is 17.6 Å². The van der Waals surface area contributed by atoms with Gasteiger partial charge in [-0.1, -0.05) is 12.1 Å². The molecular formula is C13H13IN2O2S. The van der Waals surface area contributed by atoms with E-state index in [1.165, 1.54) is 11.3 Å². The van der Waals surface area contributed by atoms with E-state index in [1.807, 2.05) is 31.2 Å². The molecule has 0 radical (unpaired) electrons. The molecule has 0 saturated heterocycles. The van der Waals surface area contributed by atoms with E-state index in [1.54, 1.807) is 6.92 Å². The molecule has 1 N–H and O–H groups in total. The number of nitrogens with one attached hydrogen (secondary N) is 1. The third-order valence-electron chi connectivity index (χ3n) is 2.38. The summed E-state index contributed by atoms with van der Waals surface area (Å²) in [6.45, 7) is 4.01. The number of para-hydroxylation sites is 1. The number of carbonyl (C=O) groups is 1. The van der Waals surface area contributed by atoms with Gasteiger partial charge < -0.3 is 10.1 Å². The smallest absolute Gasteiger partial charge is 0.358 e. The lowest BCUT2D eigenvalue weighted by Gasteiger charge is -2.04. The molecule has 0 aliphatic rings. The van der Waals surface area contributed by atoms with Crippen molar-refractivity contribution in [2.24, 2.45) is 0 Å². The third kappa shape index (κ3) is 3.44. The molecule has 4 nitrogen and oxygen atoms in total. The molecule has 6 heteroatoms. The topological polar surface area (TPSA) is 51.2 Å². The number of thiazole rings is 1. The van der Waals surface area contributed by atoms with Crippen LogP contribution in [0, 0.1) is 10.5 Å². The molecule has 0 amide bonds. The predicted molar refractivity (Wildman–Crippen MR) is 85.2 cm³/mol. The average molecular weight is 388 g/mol. The lowest BCUT2D eigenvalue weighted by Crippen LogP contribution is -2.06. The maximum absolute atomic E-state index is 11.7. The fraction of sp³-hybridized carbons (Fsp3) is 0.231. The molecule has 0 fully saturated rings. The first-order chi connectivity index (χ1) is 9.11. The van der Waals surface area contributed by atoms with Crippen LogP contribution in [0.1, 0.15) is 22.3 Å². The maximum Gasteiger partial charge on any atom is 0.358 e. The Kier molecular flexibility index (Phi) is 4.76. The van der Waals surface area contributed by atoms with Gasteiger partial charge in [-0.15, -0.1) is 11.3 Å². The molecular weight excluding hydrogens is 375 g/mol. The number of rotatable bonds is 4. The number of aryl methyl sites for hydroxylation is 1. The van der Waals surface area contributed by atoms with Crippen molar-refractivity contribution in [3.63, 3.8) is 0 Å². The van der Waals surface area contributed by atoms with Crippen LogP contribution in [-0.2, 0) is 4.74 Å². The molecule has 0 atom stereocenters. The van der Waals surface area contributed by atoms with Crippen LogP contribution in [0.4, 0.5) is 10.8 Å². The van der Waals surface area contributed by atoms with E-state index in [4.69, 9.17) is 4.74 Å². The summed E-state index contributed by atoms with van der Waals surface area (Å²) < 4.78 is 6.07. The van der Waals surface area contributed by atoms with E-state index in [2.05, 4.69) is 32.9 Å². The highest BCUT2D eigenvalue weighted by Gasteiger charge is 2.16. The van der Waals surface area contributed by atoms with Gasteiger partial charge in [0.2, 0.25) is 0 Å². The molecule has 0 aliphatic heterocycles. The second-order valence-corrected chi connectivity index (χ2v) is 6.11. The van der Waals surface area contributed by atoms with Gasteiger partial charge in [-0.25, -0.2) is 9.78 Å². The highest BCUT2D eigenvalue weighted by molar-refractivity contribution is 14.1. The number of aromatic nitrogens is 1. The SMILES string of the molecule is CCOC(=O)c1nc(Nc2ccccc2I)sc1C. The quantitative estimate of drug-likeness (QED) is 0.636. The molecule has 19 heavy (non-hydrogen) atoms. The normalized spacial score (nSPS) is 10.3. The van der Waals surface area contributed by atoms with Gasteiger partial charge in [0, 0.05) is 8.45 Å². The van der Waals surface area contributed by atoms with Crippen LogP contribution in [0.2, 0.25) is 0 Å². The maximum atomic E-state index is 11.7. The van der Waals surface area contributed by atoms with E-state index in [0.717, 1.165) is 14.1 Å². The highest BCUT2D eigenvalue weighted by atomic mass is 127.